The minimum absolute atomic E-state index is 0.0938. The molecule has 1 aliphatic rings. The van der Waals surface area contributed by atoms with Crippen molar-refractivity contribution in [3.8, 4) is 11.1 Å². The fourth-order valence-electron chi connectivity index (χ4n) is 4.22. The second kappa shape index (κ2) is 10.9. The van der Waals surface area contributed by atoms with Gasteiger partial charge >= 0.3 is 5.97 Å². The van der Waals surface area contributed by atoms with Gasteiger partial charge in [0.15, 0.2) is 0 Å². The third kappa shape index (κ3) is 5.52. The van der Waals surface area contributed by atoms with Crippen LogP contribution in [0.2, 0.25) is 0 Å². The van der Waals surface area contributed by atoms with E-state index in [1.165, 1.54) is 22.8 Å². The highest BCUT2D eigenvalue weighted by Crippen LogP contribution is 2.38. The quantitative estimate of drug-likeness (QED) is 0.470. The van der Waals surface area contributed by atoms with Gasteiger partial charge in [0.2, 0.25) is 15.9 Å². The lowest BCUT2D eigenvalue weighted by Gasteiger charge is -2.33. The molecule has 8 nitrogen and oxygen atoms in total. The topological polar surface area (TPSA) is 96.0 Å². The van der Waals surface area contributed by atoms with Crippen LogP contribution in [0.25, 0.3) is 11.1 Å². The number of amides is 1. The van der Waals surface area contributed by atoms with E-state index in [9.17, 15) is 18.0 Å². The number of benzene rings is 2. The summed E-state index contributed by atoms with van der Waals surface area (Å²) in [5, 5.41) is 5.17. The molecule has 4 rings (SSSR count). The molecule has 1 N–H and O–H groups in total. The smallest absolute Gasteiger partial charge is 0.341 e. The van der Waals surface area contributed by atoms with E-state index < -0.39 is 16.0 Å². The molecule has 2 heterocycles. The van der Waals surface area contributed by atoms with Crippen LogP contribution in [0.4, 0.5) is 5.00 Å². The van der Waals surface area contributed by atoms with Crippen LogP contribution >= 0.6 is 11.3 Å². The van der Waals surface area contributed by atoms with Crippen molar-refractivity contribution >= 4 is 38.2 Å². The lowest BCUT2D eigenvalue weighted by atomic mass is 9.97. The zero-order valence-corrected chi connectivity index (χ0v) is 22.1. The standard InChI is InChI=1S/C26H29N3O5S2/c1-18-9-10-19(2)21(15-18)22-17-35-25(24(22)26(31)34-3)27-23(30)16-28-11-13-29(14-12-28)36(32,33)20-7-5-4-6-8-20/h4-10,15,17H,11-14,16H2,1-3H3,(H,27,30). The summed E-state index contributed by atoms with van der Waals surface area (Å²) < 4.78 is 32.1. The molecule has 0 atom stereocenters. The molecule has 10 heteroatoms. The summed E-state index contributed by atoms with van der Waals surface area (Å²) >= 11 is 1.28. The molecule has 1 aliphatic heterocycles. The van der Waals surface area contributed by atoms with E-state index in [2.05, 4.69) is 5.32 Å². The number of nitrogens with zero attached hydrogens (tertiary/aromatic N) is 2. The summed E-state index contributed by atoms with van der Waals surface area (Å²) in [6.45, 7) is 5.52. The van der Waals surface area contributed by atoms with E-state index in [-0.39, 0.29) is 17.3 Å². The molecule has 0 saturated carbocycles. The number of ether oxygens (including phenoxy) is 1. The van der Waals surface area contributed by atoms with Crippen LogP contribution in [0.1, 0.15) is 21.5 Å². The van der Waals surface area contributed by atoms with Gasteiger partial charge in [0.05, 0.1) is 18.6 Å². The number of hydrogen-bond donors (Lipinski definition) is 1. The van der Waals surface area contributed by atoms with Crippen LogP contribution < -0.4 is 5.32 Å². The number of aryl methyl sites for hydroxylation is 2. The van der Waals surface area contributed by atoms with E-state index in [1.807, 2.05) is 42.3 Å². The Morgan fingerprint density at radius 1 is 1.00 bits per heavy atom. The molecule has 2 aromatic carbocycles. The van der Waals surface area contributed by atoms with Crippen molar-refractivity contribution in [2.75, 3.05) is 45.2 Å². The monoisotopic (exact) mass is 527 g/mol. The number of piperazine rings is 1. The molecule has 0 unspecified atom stereocenters. The highest BCUT2D eigenvalue weighted by molar-refractivity contribution is 7.89. The van der Waals surface area contributed by atoms with Crippen LogP contribution in [0.3, 0.4) is 0 Å². The van der Waals surface area contributed by atoms with E-state index in [0.29, 0.717) is 36.7 Å². The number of rotatable bonds is 7. The number of thiophene rings is 1. The van der Waals surface area contributed by atoms with Gasteiger partial charge in [-0.15, -0.1) is 11.3 Å². The van der Waals surface area contributed by atoms with Crippen LogP contribution in [-0.4, -0.2) is 69.3 Å². The summed E-state index contributed by atoms with van der Waals surface area (Å²) in [6, 6.07) is 14.4. The van der Waals surface area contributed by atoms with Crippen molar-refractivity contribution in [1.29, 1.82) is 0 Å². The fraction of sp³-hybridized carbons (Fsp3) is 0.308. The van der Waals surface area contributed by atoms with Gasteiger partial charge in [-0.05, 0) is 37.1 Å². The Morgan fingerprint density at radius 2 is 1.69 bits per heavy atom. The summed E-state index contributed by atoms with van der Waals surface area (Å²) in [6.07, 6.45) is 0. The van der Waals surface area contributed by atoms with E-state index >= 15 is 0 Å². The lowest BCUT2D eigenvalue weighted by Crippen LogP contribution is -2.50. The Kier molecular flexibility index (Phi) is 7.89. The first kappa shape index (κ1) is 26.0. The van der Waals surface area contributed by atoms with E-state index in [1.54, 1.807) is 30.3 Å². The molecule has 0 radical (unpaired) electrons. The highest BCUT2D eigenvalue weighted by Gasteiger charge is 2.29. The highest BCUT2D eigenvalue weighted by atomic mass is 32.2. The molecule has 1 aromatic heterocycles. The Labute approximate surface area is 215 Å². The number of nitrogens with one attached hydrogen (secondary N) is 1. The second-order valence-electron chi connectivity index (χ2n) is 8.70. The Balaban J connectivity index is 1.43. The average Bonchev–Trinajstić information content (AvgIpc) is 3.28. The summed E-state index contributed by atoms with van der Waals surface area (Å²) in [5.41, 5.74) is 4.07. The molecule has 0 aliphatic carbocycles. The number of methoxy groups -OCH3 is 1. The number of anilines is 1. The molecular weight excluding hydrogens is 498 g/mol. The predicted molar refractivity (Wildman–Crippen MR) is 141 cm³/mol. The van der Waals surface area contributed by atoms with Gasteiger partial charge in [0.25, 0.3) is 0 Å². The minimum atomic E-state index is -3.55. The third-order valence-corrected chi connectivity index (χ3v) is 9.00. The van der Waals surface area contributed by atoms with Gasteiger partial charge in [0, 0.05) is 37.1 Å². The number of hydrogen-bond acceptors (Lipinski definition) is 7. The first-order chi connectivity index (χ1) is 17.2. The molecule has 0 bridgehead atoms. The number of sulfonamides is 1. The summed E-state index contributed by atoms with van der Waals surface area (Å²) in [4.78, 5) is 27.7. The maximum Gasteiger partial charge on any atom is 0.341 e. The maximum absolute atomic E-state index is 12.9. The van der Waals surface area contributed by atoms with Crippen molar-refractivity contribution in [2.24, 2.45) is 0 Å². The normalized spacial score (nSPS) is 15.0. The Morgan fingerprint density at radius 3 is 2.36 bits per heavy atom. The fourth-order valence-corrected chi connectivity index (χ4v) is 6.63. The molecule has 36 heavy (non-hydrogen) atoms. The molecule has 1 amide bonds. The van der Waals surface area contributed by atoms with Gasteiger partial charge in [-0.1, -0.05) is 42.0 Å². The van der Waals surface area contributed by atoms with Gasteiger partial charge in [0.1, 0.15) is 10.6 Å². The van der Waals surface area contributed by atoms with Crippen LogP contribution in [-0.2, 0) is 19.6 Å². The molecule has 1 fully saturated rings. The second-order valence-corrected chi connectivity index (χ2v) is 11.5. The lowest BCUT2D eigenvalue weighted by molar-refractivity contribution is -0.117. The maximum atomic E-state index is 12.9. The first-order valence-electron chi connectivity index (χ1n) is 11.6. The molecule has 0 spiro atoms. The zero-order chi connectivity index (χ0) is 25.9. The van der Waals surface area contributed by atoms with Crippen molar-refractivity contribution in [2.45, 2.75) is 18.7 Å². The minimum Gasteiger partial charge on any atom is -0.465 e. The van der Waals surface area contributed by atoms with Gasteiger partial charge in [-0.2, -0.15) is 4.31 Å². The van der Waals surface area contributed by atoms with E-state index in [0.717, 1.165) is 22.3 Å². The van der Waals surface area contributed by atoms with Crippen LogP contribution in [0.5, 0.6) is 0 Å². The molecular formula is C26H29N3O5S2. The molecule has 190 valence electrons. The van der Waals surface area contributed by atoms with Crippen molar-refractivity contribution in [3.05, 3.63) is 70.6 Å². The van der Waals surface area contributed by atoms with Gasteiger partial charge in [-0.3, -0.25) is 9.69 Å². The summed E-state index contributed by atoms with van der Waals surface area (Å²) in [7, 11) is -2.23. The molecule has 3 aromatic rings. The largest absolute Gasteiger partial charge is 0.465 e. The SMILES string of the molecule is COC(=O)c1c(-c2cc(C)ccc2C)csc1NC(=O)CN1CCN(S(=O)(=O)c2ccccc2)CC1. The van der Waals surface area contributed by atoms with Crippen LogP contribution in [0, 0.1) is 13.8 Å². The Hall–Kier alpha value is -3.05. The third-order valence-electron chi connectivity index (χ3n) is 6.20. The van der Waals surface area contributed by atoms with Gasteiger partial charge < -0.3 is 10.1 Å². The molecule has 1 saturated heterocycles. The van der Waals surface area contributed by atoms with Crippen molar-refractivity contribution in [3.63, 3.8) is 0 Å². The zero-order valence-electron chi connectivity index (χ0n) is 20.5. The average molecular weight is 528 g/mol. The van der Waals surface area contributed by atoms with Crippen LogP contribution in [0.15, 0.2) is 58.8 Å². The predicted octanol–water partition coefficient (Wildman–Crippen LogP) is 3.76. The number of esters is 1. The summed E-state index contributed by atoms with van der Waals surface area (Å²) in [5.74, 6) is -0.781. The first-order valence-corrected chi connectivity index (χ1v) is 13.9. The van der Waals surface area contributed by atoms with Crippen molar-refractivity contribution < 1.29 is 22.7 Å². The Bertz CT molecular complexity index is 1360. The number of carbonyl (C=O) groups excluding carboxylic acids is 2. The van der Waals surface area contributed by atoms with E-state index in [4.69, 9.17) is 4.74 Å². The van der Waals surface area contributed by atoms with Crippen molar-refractivity contribution in [1.82, 2.24) is 9.21 Å². The van der Waals surface area contributed by atoms with Gasteiger partial charge in [-0.25, -0.2) is 13.2 Å². The number of carbonyl (C=O) groups is 2.